The Labute approximate surface area is 114 Å². The lowest BCUT2D eigenvalue weighted by molar-refractivity contribution is 0.185. The number of nitrogens with one attached hydrogen (secondary N) is 1. The minimum absolute atomic E-state index is 0.308. The average Bonchev–Trinajstić information content (AvgIpc) is 2.98. The molecular formula is C16H32N2. The van der Waals surface area contributed by atoms with E-state index in [9.17, 15) is 0 Å². The van der Waals surface area contributed by atoms with Gasteiger partial charge >= 0.3 is 0 Å². The third-order valence-corrected chi connectivity index (χ3v) is 5.24. The summed E-state index contributed by atoms with van der Waals surface area (Å²) < 4.78 is 0. The zero-order valence-corrected chi connectivity index (χ0v) is 12.7. The van der Waals surface area contributed by atoms with Crippen molar-refractivity contribution < 1.29 is 0 Å². The topological polar surface area (TPSA) is 15.3 Å². The van der Waals surface area contributed by atoms with Crippen LogP contribution in [0.4, 0.5) is 0 Å². The van der Waals surface area contributed by atoms with Crippen molar-refractivity contribution in [2.75, 3.05) is 19.6 Å². The Kier molecular flexibility index (Phi) is 5.08. The molecular weight excluding hydrogens is 220 g/mol. The molecule has 0 aromatic rings. The van der Waals surface area contributed by atoms with Crippen molar-refractivity contribution >= 4 is 0 Å². The summed E-state index contributed by atoms with van der Waals surface area (Å²) in [7, 11) is 0. The second-order valence-electron chi connectivity index (χ2n) is 6.95. The summed E-state index contributed by atoms with van der Waals surface area (Å²) in [5.74, 6) is 1.02. The van der Waals surface area contributed by atoms with E-state index in [0.717, 1.165) is 18.5 Å². The minimum atomic E-state index is 0.308. The standard InChI is InChI=1S/C16H32N2/c1-4-16(2,3)17-11-13-18-12-7-10-15(18)14-8-5-6-9-14/h14-15,17H,4-13H2,1-3H3. The zero-order valence-electron chi connectivity index (χ0n) is 12.7. The van der Waals surface area contributed by atoms with Crippen LogP contribution in [0.2, 0.25) is 0 Å². The van der Waals surface area contributed by atoms with Gasteiger partial charge in [-0.1, -0.05) is 19.8 Å². The second kappa shape index (κ2) is 6.38. The fourth-order valence-electron chi connectivity index (χ4n) is 3.67. The maximum absolute atomic E-state index is 3.71. The molecule has 1 atom stereocenters. The van der Waals surface area contributed by atoms with E-state index in [2.05, 4.69) is 31.0 Å². The van der Waals surface area contributed by atoms with Crippen LogP contribution in [0.25, 0.3) is 0 Å². The molecule has 2 nitrogen and oxygen atoms in total. The van der Waals surface area contributed by atoms with Crippen LogP contribution in [-0.4, -0.2) is 36.1 Å². The van der Waals surface area contributed by atoms with Gasteiger partial charge in [-0.05, 0) is 58.4 Å². The fourth-order valence-corrected chi connectivity index (χ4v) is 3.67. The van der Waals surface area contributed by atoms with Crippen LogP contribution >= 0.6 is 0 Å². The van der Waals surface area contributed by atoms with E-state index in [1.54, 1.807) is 0 Å². The molecule has 1 aliphatic carbocycles. The summed E-state index contributed by atoms with van der Waals surface area (Å²) in [6.45, 7) is 10.6. The van der Waals surface area contributed by atoms with Crippen LogP contribution in [-0.2, 0) is 0 Å². The Morgan fingerprint density at radius 2 is 1.83 bits per heavy atom. The van der Waals surface area contributed by atoms with Crippen LogP contribution in [0.1, 0.15) is 65.7 Å². The van der Waals surface area contributed by atoms with Crippen LogP contribution in [0.3, 0.4) is 0 Å². The van der Waals surface area contributed by atoms with Crippen LogP contribution < -0.4 is 5.32 Å². The molecule has 0 amide bonds. The lowest BCUT2D eigenvalue weighted by Crippen LogP contribution is -2.45. The van der Waals surface area contributed by atoms with E-state index in [0.29, 0.717) is 5.54 Å². The molecule has 18 heavy (non-hydrogen) atoms. The molecule has 1 unspecified atom stereocenters. The zero-order chi connectivity index (χ0) is 13.0. The van der Waals surface area contributed by atoms with Gasteiger partial charge in [-0.3, -0.25) is 4.90 Å². The number of nitrogens with zero attached hydrogens (tertiary/aromatic N) is 1. The lowest BCUT2D eigenvalue weighted by Gasteiger charge is -2.31. The fraction of sp³-hybridized carbons (Fsp3) is 1.00. The molecule has 2 heteroatoms. The third kappa shape index (κ3) is 3.71. The van der Waals surface area contributed by atoms with Crippen molar-refractivity contribution in [3.8, 4) is 0 Å². The summed E-state index contributed by atoms with van der Waals surface area (Å²) >= 11 is 0. The molecule has 0 bridgehead atoms. The summed E-state index contributed by atoms with van der Waals surface area (Å²) in [4.78, 5) is 2.77. The van der Waals surface area contributed by atoms with Gasteiger partial charge in [0.05, 0.1) is 0 Å². The van der Waals surface area contributed by atoms with Crippen LogP contribution in [0.5, 0.6) is 0 Å². The monoisotopic (exact) mass is 252 g/mol. The first kappa shape index (κ1) is 14.3. The average molecular weight is 252 g/mol. The highest BCUT2D eigenvalue weighted by Gasteiger charge is 2.32. The van der Waals surface area contributed by atoms with Crippen LogP contribution in [0, 0.1) is 5.92 Å². The number of likely N-dealkylation sites (tertiary alicyclic amines) is 1. The molecule has 1 saturated heterocycles. The molecule has 1 aliphatic heterocycles. The minimum Gasteiger partial charge on any atom is -0.311 e. The van der Waals surface area contributed by atoms with E-state index in [-0.39, 0.29) is 0 Å². The Morgan fingerprint density at radius 1 is 1.11 bits per heavy atom. The number of rotatable bonds is 6. The quantitative estimate of drug-likeness (QED) is 0.779. The third-order valence-electron chi connectivity index (χ3n) is 5.24. The highest BCUT2D eigenvalue weighted by Crippen LogP contribution is 2.35. The van der Waals surface area contributed by atoms with Gasteiger partial charge in [-0.15, -0.1) is 0 Å². The molecule has 0 aromatic heterocycles. The molecule has 0 spiro atoms. The van der Waals surface area contributed by atoms with Gasteiger partial charge in [-0.25, -0.2) is 0 Å². The smallest absolute Gasteiger partial charge is 0.0124 e. The molecule has 2 rings (SSSR count). The van der Waals surface area contributed by atoms with Crippen molar-refractivity contribution in [3.63, 3.8) is 0 Å². The van der Waals surface area contributed by atoms with Gasteiger partial charge in [0.25, 0.3) is 0 Å². The predicted molar refractivity (Wildman–Crippen MR) is 78.9 cm³/mol. The van der Waals surface area contributed by atoms with Gasteiger partial charge in [0, 0.05) is 24.7 Å². The van der Waals surface area contributed by atoms with Crippen molar-refractivity contribution in [1.29, 1.82) is 0 Å². The van der Waals surface area contributed by atoms with Gasteiger partial charge < -0.3 is 5.32 Å². The predicted octanol–water partition coefficient (Wildman–Crippen LogP) is 3.42. The maximum atomic E-state index is 3.71. The van der Waals surface area contributed by atoms with E-state index >= 15 is 0 Å². The summed E-state index contributed by atoms with van der Waals surface area (Å²) in [6.07, 6.45) is 10.1. The summed E-state index contributed by atoms with van der Waals surface area (Å²) in [5.41, 5.74) is 0.308. The Balaban J connectivity index is 1.74. The van der Waals surface area contributed by atoms with Gasteiger partial charge in [0.1, 0.15) is 0 Å². The first-order chi connectivity index (χ1) is 8.62. The van der Waals surface area contributed by atoms with Crippen molar-refractivity contribution in [2.24, 2.45) is 5.92 Å². The molecule has 0 aromatic carbocycles. The molecule has 1 heterocycles. The molecule has 1 saturated carbocycles. The normalized spacial score (nSPS) is 27.2. The first-order valence-corrected chi connectivity index (χ1v) is 8.11. The van der Waals surface area contributed by atoms with E-state index in [1.807, 2.05) is 0 Å². The van der Waals surface area contributed by atoms with Crippen molar-refractivity contribution in [3.05, 3.63) is 0 Å². The van der Waals surface area contributed by atoms with Crippen LogP contribution in [0.15, 0.2) is 0 Å². The van der Waals surface area contributed by atoms with E-state index in [1.165, 1.54) is 58.0 Å². The molecule has 2 fully saturated rings. The van der Waals surface area contributed by atoms with E-state index < -0.39 is 0 Å². The number of hydrogen-bond acceptors (Lipinski definition) is 2. The second-order valence-corrected chi connectivity index (χ2v) is 6.95. The molecule has 1 N–H and O–H groups in total. The highest BCUT2D eigenvalue weighted by atomic mass is 15.2. The van der Waals surface area contributed by atoms with Crippen molar-refractivity contribution in [2.45, 2.75) is 77.3 Å². The van der Waals surface area contributed by atoms with Gasteiger partial charge in [0.15, 0.2) is 0 Å². The van der Waals surface area contributed by atoms with Gasteiger partial charge in [0.2, 0.25) is 0 Å². The maximum Gasteiger partial charge on any atom is 0.0124 e. The van der Waals surface area contributed by atoms with Gasteiger partial charge in [-0.2, -0.15) is 0 Å². The Hall–Kier alpha value is -0.0800. The Morgan fingerprint density at radius 3 is 2.50 bits per heavy atom. The van der Waals surface area contributed by atoms with Crippen molar-refractivity contribution in [1.82, 2.24) is 10.2 Å². The molecule has 0 radical (unpaired) electrons. The Bertz CT molecular complexity index is 243. The first-order valence-electron chi connectivity index (χ1n) is 8.11. The lowest BCUT2D eigenvalue weighted by atomic mass is 9.96. The van der Waals surface area contributed by atoms with E-state index in [4.69, 9.17) is 0 Å². The molecule has 2 aliphatic rings. The summed E-state index contributed by atoms with van der Waals surface area (Å²) in [5, 5.41) is 3.71. The molecule has 106 valence electrons. The number of hydrogen-bond donors (Lipinski definition) is 1. The largest absolute Gasteiger partial charge is 0.311 e. The SMILES string of the molecule is CCC(C)(C)NCCN1CCCC1C1CCCC1. The highest BCUT2D eigenvalue weighted by molar-refractivity contribution is 4.88. The summed E-state index contributed by atoms with van der Waals surface area (Å²) in [6, 6.07) is 0.916.